The van der Waals surface area contributed by atoms with Crippen molar-refractivity contribution >= 4 is 36.1 Å². The van der Waals surface area contributed by atoms with Gasteiger partial charge in [-0.05, 0) is 140 Å². The van der Waals surface area contributed by atoms with Crippen LogP contribution in [0.5, 0.6) is 5.75 Å². The number of piperidine rings is 3. The number of nitrogens with zero attached hydrogens (tertiary/aromatic N) is 2. The molecule has 1 saturated carbocycles. The van der Waals surface area contributed by atoms with E-state index in [1.54, 1.807) is 18.2 Å². The fraction of sp³-hybridized carbons (Fsp3) is 0.510. The van der Waals surface area contributed by atoms with Crippen LogP contribution >= 0.6 is 0 Å². The number of fused-ring (bicyclic) bond motifs is 5. The number of hydrogen-bond acceptors (Lipinski definition) is 8. The van der Waals surface area contributed by atoms with Crippen LogP contribution in [0.1, 0.15) is 107 Å². The number of ether oxygens (including phenoxy) is 1. The molecule has 3 aliphatic heterocycles. The highest BCUT2D eigenvalue weighted by molar-refractivity contribution is 6.74. The average Bonchev–Trinajstić information content (AvgIpc) is 3.26. The summed E-state index contributed by atoms with van der Waals surface area (Å²) in [5, 5.41) is 16.0. The Hall–Kier alpha value is -4.55. The first-order valence-corrected chi connectivity index (χ1v) is 26.0. The van der Waals surface area contributed by atoms with Gasteiger partial charge in [0.25, 0.3) is 5.56 Å². The Labute approximate surface area is 367 Å². The normalized spacial score (nSPS) is 20.7. The zero-order chi connectivity index (χ0) is 43.6. The number of pyridine rings is 2. The maximum atomic E-state index is 14.1. The second kappa shape index (κ2) is 18.3. The van der Waals surface area contributed by atoms with Gasteiger partial charge in [-0.25, -0.2) is 0 Å². The molecule has 5 aromatic rings. The standard InChI is InChI=1S/C51H66N4O6Si/c1-50(2,3)62(4,5)61-44(40-17-20-43(56)48-41(40)18-21-46(57)53-48)33-52-32-36-15-19-42-38(30-36)16-22-47(58)55(42)27-10-7-12-35-13-11-14-39(31-35)51(25-8-6-9-26-51)49(59)60-45-34-54-28-23-37(45)24-29-54/h11,13-22,30-31,37,44-45,52,56H,6-10,12,23-29,32-34H2,1-5H3,(H,53,57)/t44-,45?/m0/s1. The van der Waals surface area contributed by atoms with Gasteiger partial charge in [-0.1, -0.05) is 76.4 Å². The van der Waals surface area contributed by atoms with E-state index in [2.05, 4.69) is 91.5 Å². The number of benzene rings is 3. The number of aryl methyl sites for hydroxylation is 2. The highest BCUT2D eigenvalue weighted by Crippen LogP contribution is 2.43. The number of rotatable bonds is 15. The summed E-state index contributed by atoms with van der Waals surface area (Å²) in [7, 11) is -2.22. The van der Waals surface area contributed by atoms with Gasteiger partial charge in [-0.15, -0.1) is 0 Å². The number of carbonyl (C=O) groups is 1. The lowest BCUT2D eigenvalue weighted by Crippen LogP contribution is -2.53. The van der Waals surface area contributed by atoms with Gasteiger partial charge in [0.05, 0.1) is 22.6 Å². The van der Waals surface area contributed by atoms with Crippen LogP contribution in [-0.4, -0.2) is 66.1 Å². The van der Waals surface area contributed by atoms with Crippen LogP contribution in [0.15, 0.2) is 88.5 Å². The number of aromatic amines is 1. The van der Waals surface area contributed by atoms with Gasteiger partial charge in [0.2, 0.25) is 5.56 Å². The van der Waals surface area contributed by atoms with Crippen molar-refractivity contribution in [3.05, 3.63) is 122 Å². The quantitative estimate of drug-likeness (QED) is 0.0541. The Morgan fingerprint density at radius 3 is 2.47 bits per heavy atom. The fourth-order valence-corrected chi connectivity index (χ4v) is 11.3. The Bertz CT molecular complexity index is 2510. The first-order chi connectivity index (χ1) is 29.7. The van der Waals surface area contributed by atoms with Crippen LogP contribution in [-0.2, 0) is 38.9 Å². The van der Waals surface area contributed by atoms with Crippen molar-refractivity contribution in [2.45, 2.75) is 134 Å². The minimum absolute atomic E-state index is 0.000739. The molecule has 2 aromatic heterocycles. The molecule has 2 bridgehead atoms. The van der Waals surface area contributed by atoms with E-state index in [9.17, 15) is 19.5 Å². The summed E-state index contributed by atoms with van der Waals surface area (Å²) < 4.78 is 15.3. The lowest BCUT2D eigenvalue weighted by Gasteiger charge is -2.45. The van der Waals surface area contributed by atoms with Crippen molar-refractivity contribution in [2.24, 2.45) is 5.92 Å². The second-order valence-electron chi connectivity index (χ2n) is 19.9. The lowest BCUT2D eigenvalue weighted by atomic mass is 9.69. The number of H-pyrrole nitrogens is 1. The molecule has 0 spiro atoms. The first kappa shape index (κ1) is 44.1. The zero-order valence-electron chi connectivity index (χ0n) is 37.4. The average molecular weight is 859 g/mol. The molecule has 4 fully saturated rings. The van der Waals surface area contributed by atoms with E-state index in [-0.39, 0.29) is 40.1 Å². The molecule has 330 valence electrons. The van der Waals surface area contributed by atoms with E-state index in [1.165, 1.54) is 18.1 Å². The van der Waals surface area contributed by atoms with Crippen molar-refractivity contribution < 1.29 is 19.1 Å². The van der Waals surface area contributed by atoms with Crippen LogP contribution in [0.2, 0.25) is 18.1 Å². The van der Waals surface area contributed by atoms with Crippen LogP contribution < -0.4 is 16.4 Å². The molecule has 10 nitrogen and oxygen atoms in total. The highest BCUT2D eigenvalue weighted by Gasteiger charge is 2.46. The summed E-state index contributed by atoms with van der Waals surface area (Å²) >= 11 is 0. The molecule has 1 aliphatic carbocycles. The van der Waals surface area contributed by atoms with Crippen molar-refractivity contribution in [1.82, 2.24) is 19.8 Å². The monoisotopic (exact) mass is 858 g/mol. The van der Waals surface area contributed by atoms with E-state index in [0.717, 1.165) is 110 Å². The van der Waals surface area contributed by atoms with Gasteiger partial charge in [0, 0.05) is 43.7 Å². The van der Waals surface area contributed by atoms with E-state index >= 15 is 0 Å². The van der Waals surface area contributed by atoms with E-state index in [1.807, 2.05) is 16.7 Å². The predicted molar refractivity (Wildman–Crippen MR) is 250 cm³/mol. The van der Waals surface area contributed by atoms with Crippen molar-refractivity contribution in [2.75, 3.05) is 26.2 Å². The maximum absolute atomic E-state index is 14.1. The Morgan fingerprint density at radius 1 is 0.935 bits per heavy atom. The van der Waals surface area contributed by atoms with Crippen molar-refractivity contribution in [3.63, 3.8) is 0 Å². The van der Waals surface area contributed by atoms with Crippen LogP contribution in [0.3, 0.4) is 0 Å². The third kappa shape index (κ3) is 9.37. The SMILES string of the molecule is CC(C)(C)[Si](C)(C)O[C@@H](CNCc1ccc2c(ccc(=O)n2CCCCc2cccc(C3(C(=O)OC4CN5CCC4CC5)CCCCC3)c2)c1)c1ccc(O)c2[nH]c(=O)ccc12. The van der Waals surface area contributed by atoms with Gasteiger partial charge in [-0.2, -0.15) is 0 Å². The summed E-state index contributed by atoms with van der Waals surface area (Å²) in [5.74, 6) is 0.517. The number of phenolic OH excluding ortho intramolecular Hbond substituents is 1. The minimum Gasteiger partial charge on any atom is -0.506 e. The van der Waals surface area contributed by atoms with Crippen LogP contribution in [0, 0.1) is 5.92 Å². The van der Waals surface area contributed by atoms with Crippen LogP contribution in [0.4, 0.5) is 0 Å². The smallest absolute Gasteiger partial charge is 0.316 e. The molecule has 4 aliphatic rings. The molecule has 3 saturated heterocycles. The van der Waals surface area contributed by atoms with E-state index in [0.29, 0.717) is 31.1 Å². The van der Waals surface area contributed by atoms with Gasteiger partial charge >= 0.3 is 5.97 Å². The zero-order valence-corrected chi connectivity index (χ0v) is 38.4. The molecular weight excluding hydrogens is 793 g/mol. The molecule has 3 N–H and O–H groups in total. The number of hydrogen-bond donors (Lipinski definition) is 3. The topological polar surface area (TPSA) is 126 Å². The molecule has 11 heteroatoms. The molecule has 5 heterocycles. The number of unbranched alkanes of at least 4 members (excludes halogenated alkanes) is 1. The number of nitrogens with one attached hydrogen (secondary N) is 2. The maximum Gasteiger partial charge on any atom is 0.316 e. The number of aromatic nitrogens is 2. The number of carbonyl (C=O) groups excluding carboxylic acids is 1. The van der Waals surface area contributed by atoms with Gasteiger partial charge in [0.1, 0.15) is 11.9 Å². The molecule has 2 atom stereocenters. The lowest BCUT2D eigenvalue weighted by molar-refractivity contribution is -0.167. The molecular formula is C51H66N4O6Si. The van der Waals surface area contributed by atoms with E-state index < -0.39 is 13.7 Å². The van der Waals surface area contributed by atoms with Crippen molar-refractivity contribution in [1.29, 1.82) is 0 Å². The molecule has 9 rings (SSSR count). The number of esters is 1. The molecule has 0 radical (unpaired) electrons. The second-order valence-corrected chi connectivity index (χ2v) is 24.6. The Morgan fingerprint density at radius 2 is 1.73 bits per heavy atom. The van der Waals surface area contributed by atoms with E-state index in [4.69, 9.17) is 9.16 Å². The summed E-state index contributed by atoms with van der Waals surface area (Å²) in [6.45, 7) is 16.0. The summed E-state index contributed by atoms with van der Waals surface area (Å²) in [5.41, 5.74) is 4.86. The number of phenols is 1. The Balaban J connectivity index is 0.913. The largest absolute Gasteiger partial charge is 0.506 e. The highest BCUT2D eigenvalue weighted by atomic mass is 28.4. The molecule has 1 unspecified atom stereocenters. The van der Waals surface area contributed by atoms with Crippen molar-refractivity contribution in [3.8, 4) is 5.75 Å². The first-order valence-electron chi connectivity index (χ1n) is 23.1. The van der Waals surface area contributed by atoms with Gasteiger partial charge < -0.3 is 29.1 Å². The third-order valence-electron chi connectivity index (χ3n) is 14.7. The molecule has 3 aromatic carbocycles. The Kier molecular flexibility index (Phi) is 13.0. The predicted octanol–water partition coefficient (Wildman–Crippen LogP) is 9.26. The molecule has 0 amide bonds. The van der Waals surface area contributed by atoms with Gasteiger partial charge in [-0.3, -0.25) is 19.3 Å². The summed E-state index contributed by atoms with van der Waals surface area (Å²) in [6.07, 6.45) is 9.60. The van der Waals surface area contributed by atoms with Gasteiger partial charge in [0.15, 0.2) is 8.32 Å². The third-order valence-corrected chi connectivity index (χ3v) is 19.2. The van der Waals surface area contributed by atoms with Crippen LogP contribution in [0.25, 0.3) is 21.8 Å². The molecule has 62 heavy (non-hydrogen) atoms. The number of aromatic hydroxyl groups is 1. The minimum atomic E-state index is -2.22. The fourth-order valence-electron chi connectivity index (χ4n) is 10.0. The summed E-state index contributed by atoms with van der Waals surface area (Å²) in [6, 6.07) is 25.4. The summed E-state index contributed by atoms with van der Waals surface area (Å²) in [4.78, 5) is 44.8.